The van der Waals surface area contributed by atoms with Crippen molar-refractivity contribution in [1.82, 2.24) is 9.78 Å². The van der Waals surface area contributed by atoms with Gasteiger partial charge in [-0.3, -0.25) is 4.79 Å². The zero-order valence-corrected chi connectivity index (χ0v) is 19.6. The molecule has 1 amide bonds. The Kier molecular flexibility index (Phi) is 6.52. The smallest absolute Gasteiger partial charge is 0.348 e. The van der Waals surface area contributed by atoms with Gasteiger partial charge in [-0.25, -0.2) is 9.48 Å². The molecule has 8 nitrogen and oxygen atoms in total. The van der Waals surface area contributed by atoms with Crippen LogP contribution in [-0.2, 0) is 9.53 Å². The first kappa shape index (κ1) is 22.6. The SMILES string of the molecule is COc1cc(NC(=O)COC(=O)c2cc3c(C)nn(-c4ccc(Cl)cc4)c3s2)cc(OC)c1. The molecule has 170 valence electrons. The molecular weight excluding hydrogens is 466 g/mol. The van der Waals surface area contributed by atoms with E-state index in [1.165, 1.54) is 25.6 Å². The van der Waals surface area contributed by atoms with Gasteiger partial charge in [0.2, 0.25) is 0 Å². The van der Waals surface area contributed by atoms with Gasteiger partial charge in [0.05, 0.1) is 25.6 Å². The molecule has 2 aromatic heterocycles. The Morgan fingerprint density at radius 3 is 2.36 bits per heavy atom. The lowest BCUT2D eigenvalue weighted by atomic mass is 10.2. The molecule has 0 saturated heterocycles. The van der Waals surface area contributed by atoms with Crippen LogP contribution in [0.25, 0.3) is 15.9 Å². The van der Waals surface area contributed by atoms with Crippen LogP contribution in [0.1, 0.15) is 15.4 Å². The second kappa shape index (κ2) is 9.51. The van der Waals surface area contributed by atoms with Crippen molar-refractivity contribution in [2.45, 2.75) is 6.92 Å². The molecule has 0 aliphatic rings. The van der Waals surface area contributed by atoms with Crippen LogP contribution in [0.4, 0.5) is 5.69 Å². The van der Waals surface area contributed by atoms with E-state index in [0.29, 0.717) is 27.1 Å². The van der Waals surface area contributed by atoms with E-state index in [4.69, 9.17) is 25.8 Å². The lowest BCUT2D eigenvalue weighted by molar-refractivity contribution is -0.119. The van der Waals surface area contributed by atoms with E-state index in [1.807, 2.05) is 19.1 Å². The molecule has 0 radical (unpaired) electrons. The van der Waals surface area contributed by atoms with Gasteiger partial charge in [-0.1, -0.05) is 11.6 Å². The Labute approximate surface area is 198 Å². The number of ether oxygens (including phenoxy) is 3. The number of methoxy groups -OCH3 is 2. The van der Waals surface area contributed by atoms with E-state index in [1.54, 1.807) is 41.1 Å². The molecule has 0 bridgehead atoms. The monoisotopic (exact) mass is 485 g/mol. The van der Waals surface area contributed by atoms with Crippen LogP contribution < -0.4 is 14.8 Å². The second-order valence-electron chi connectivity index (χ2n) is 7.03. The number of nitrogens with zero attached hydrogens (tertiary/aromatic N) is 2. The van der Waals surface area contributed by atoms with E-state index in [9.17, 15) is 9.59 Å². The Balaban J connectivity index is 1.45. The minimum Gasteiger partial charge on any atom is -0.497 e. The van der Waals surface area contributed by atoms with Gasteiger partial charge in [0.25, 0.3) is 5.91 Å². The number of carbonyl (C=O) groups is 2. The van der Waals surface area contributed by atoms with Crippen molar-refractivity contribution in [3.63, 3.8) is 0 Å². The van der Waals surface area contributed by atoms with Gasteiger partial charge >= 0.3 is 5.97 Å². The maximum atomic E-state index is 12.6. The summed E-state index contributed by atoms with van der Waals surface area (Å²) in [7, 11) is 3.03. The molecular formula is C23H20ClN3O5S. The highest BCUT2D eigenvalue weighted by Gasteiger charge is 2.19. The summed E-state index contributed by atoms with van der Waals surface area (Å²) in [4.78, 5) is 26.1. The zero-order chi connectivity index (χ0) is 23.5. The molecule has 0 saturated carbocycles. The predicted molar refractivity (Wildman–Crippen MR) is 127 cm³/mol. The van der Waals surface area contributed by atoms with Crippen molar-refractivity contribution >= 4 is 50.7 Å². The van der Waals surface area contributed by atoms with E-state index in [2.05, 4.69) is 10.4 Å². The number of benzene rings is 2. The van der Waals surface area contributed by atoms with Crippen molar-refractivity contribution < 1.29 is 23.8 Å². The molecule has 33 heavy (non-hydrogen) atoms. The number of amides is 1. The summed E-state index contributed by atoms with van der Waals surface area (Å²) in [6.45, 7) is 1.43. The molecule has 2 heterocycles. The number of hydrogen-bond donors (Lipinski definition) is 1. The molecule has 0 aliphatic carbocycles. The zero-order valence-electron chi connectivity index (χ0n) is 18.0. The van der Waals surface area contributed by atoms with Gasteiger partial charge < -0.3 is 19.5 Å². The Morgan fingerprint density at radius 2 is 1.73 bits per heavy atom. The summed E-state index contributed by atoms with van der Waals surface area (Å²) in [6.07, 6.45) is 0. The van der Waals surface area contributed by atoms with Crippen LogP contribution in [0, 0.1) is 6.92 Å². The van der Waals surface area contributed by atoms with Crippen molar-refractivity contribution in [2.75, 3.05) is 26.1 Å². The third kappa shape index (κ3) is 4.94. The molecule has 0 spiro atoms. The average molecular weight is 486 g/mol. The van der Waals surface area contributed by atoms with Gasteiger partial charge in [-0.05, 0) is 37.3 Å². The molecule has 0 unspecified atom stereocenters. The van der Waals surface area contributed by atoms with Gasteiger partial charge in [-0.2, -0.15) is 5.10 Å². The maximum absolute atomic E-state index is 12.6. The quantitative estimate of drug-likeness (QED) is 0.376. The largest absolute Gasteiger partial charge is 0.497 e. The first-order valence-electron chi connectivity index (χ1n) is 9.83. The van der Waals surface area contributed by atoms with Crippen LogP contribution in [0.3, 0.4) is 0 Å². The number of aryl methyl sites for hydroxylation is 1. The molecule has 0 fully saturated rings. The van der Waals surface area contributed by atoms with Crippen molar-refractivity contribution in [3.05, 3.63) is 64.1 Å². The second-order valence-corrected chi connectivity index (χ2v) is 8.50. The first-order chi connectivity index (χ1) is 15.9. The molecule has 2 aromatic carbocycles. The van der Waals surface area contributed by atoms with E-state index in [0.717, 1.165) is 21.6 Å². The molecule has 0 aliphatic heterocycles. The van der Waals surface area contributed by atoms with Crippen molar-refractivity contribution in [3.8, 4) is 17.2 Å². The number of nitrogens with one attached hydrogen (secondary N) is 1. The summed E-state index contributed by atoms with van der Waals surface area (Å²) >= 11 is 7.22. The Morgan fingerprint density at radius 1 is 1.06 bits per heavy atom. The van der Waals surface area contributed by atoms with Crippen LogP contribution in [-0.4, -0.2) is 42.5 Å². The van der Waals surface area contributed by atoms with E-state index >= 15 is 0 Å². The lowest BCUT2D eigenvalue weighted by Gasteiger charge is -2.10. The fourth-order valence-corrected chi connectivity index (χ4v) is 4.39. The highest BCUT2D eigenvalue weighted by Crippen LogP contribution is 2.31. The number of rotatable bonds is 7. The molecule has 1 N–H and O–H groups in total. The fourth-order valence-electron chi connectivity index (χ4n) is 3.18. The highest BCUT2D eigenvalue weighted by molar-refractivity contribution is 7.20. The van der Waals surface area contributed by atoms with Crippen LogP contribution in [0.5, 0.6) is 11.5 Å². The van der Waals surface area contributed by atoms with Crippen molar-refractivity contribution in [2.24, 2.45) is 0 Å². The minimum absolute atomic E-state index is 0.379. The number of halogens is 1. The third-order valence-corrected chi connectivity index (χ3v) is 6.13. The number of aromatic nitrogens is 2. The van der Waals surface area contributed by atoms with Gasteiger partial charge in [-0.15, -0.1) is 11.3 Å². The van der Waals surface area contributed by atoms with Crippen LogP contribution in [0.2, 0.25) is 5.02 Å². The topological polar surface area (TPSA) is 91.7 Å². The summed E-state index contributed by atoms with van der Waals surface area (Å²) in [5.41, 5.74) is 2.07. The number of hydrogen-bond acceptors (Lipinski definition) is 7. The summed E-state index contributed by atoms with van der Waals surface area (Å²) in [6, 6.07) is 13.9. The highest BCUT2D eigenvalue weighted by atomic mass is 35.5. The summed E-state index contributed by atoms with van der Waals surface area (Å²) < 4.78 is 17.3. The average Bonchev–Trinajstić information content (AvgIpc) is 3.38. The maximum Gasteiger partial charge on any atom is 0.348 e. The van der Waals surface area contributed by atoms with Gasteiger partial charge in [0.1, 0.15) is 21.2 Å². The number of fused-ring (bicyclic) bond motifs is 1. The van der Waals surface area contributed by atoms with Crippen LogP contribution >= 0.6 is 22.9 Å². The Hall–Kier alpha value is -3.56. The number of esters is 1. The van der Waals surface area contributed by atoms with Gasteiger partial charge in [0.15, 0.2) is 6.61 Å². The number of thiophene rings is 1. The van der Waals surface area contributed by atoms with Gasteiger partial charge in [0, 0.05) is 34.3 Å². The van der Waals surface area contributed by atoms with Crippen molar-refractivity contribution in [1.29, 1.82) is 0 Å². The molecule has 0 atom stereocenters. The first-order valence-corrected chi connectivity index (χ1v) is 11.0. The van der Waals surface area contributed by atoms with E-state index in [-0.39, 0.29) is 0 Å². The summed E-state index contributed by atoms with van der Waals surface area (Å²) in [5, 5.41) is 8.68. The molecule has 10 heteroatoms. The summed E-state index contributed by atoms with van der Waals surface area (Å²) in [5.74, 6) is -0.0195. The number of carbonyl (C=O) groups excluding carboxylic acids is 2. The predicted octanol–water partition coefficient (Wildman–Crippen LogP) is 4.86. The normalized spacial score (nSPS) is 10.8. The molecule has 4 rings (SSSR count). The fraction of sp³-hybridized carbons (Fsp3) is 0.174. The standard InChI is InChI=1S/C23H20ClN3O5S/c1-13-19-11-20(33-22(19)27(26-13)16-6-4-14(24)5-7-16)23(29)32-12-21(28)25-15-8-17(30-2)10-18(9-15)31-3/h4-11H,12H2,1-3H3,(H,25,28). The Bertz CT molecular complexity index is 1310. The van der Waals surface area contributed by atoms with E-state index < -0.39 is 18.5 Å². The number of anilines is 1. The minimum atomic E-state index is -0.586. The lowest BCUT2D eigenvalue weighted by Crippen LogP contribution is -2.20. The third-order valence-electron chi connectivity index (χ3n) is 4.79. The molecule has 4 aromatic rings. The van der Waals surface area contributed by atoms with Crippen LogP contribution in [0.15, 0.2) is 48.5 Å².